The van der Waals surface area contributed by atoms with Gasteiger partial charge in [-0.15, -0.1) is 0 Å². The molecule has 106 valence electrons. The van der Waals surface area contributed by atoms with E-state index in [1.807, 2.05) is 6.08 Å². The normalized spacial score (nSPS) is 11.4. The van der Waals surface area contributed by atoms with Gasteiger partial charge in [-0.25, -0.2) is 4.79 Å². The average Bonchev–Trinajstić information content (AvgIpc) is 2.40. The SMILES string of the molecule is CCCC=C(C(=O)OC)N(CCCC)CCCC. The van der Waals surface area contributed by atoms with E-state index in [2.05, 4.69) is 25.7 Å². The summed E-state index contributed by atoms with van der Waals surface area (Å²) in [6.45, 7) is 8.35. The molecule has 0 aliphatic heterocycles. The fraction of sp³-hybridized carbons (Fsp3) is 0.800. The van der Waals surface area contributed by atoms with Crippen LogP contribution in [0, 0.1) is 0 Å². The molecule has 0 aromatic heterocycles. The molecule has 18 heavy (non-hydrogen) atoms. The van der Waals surface area contributed by atoms with Crippen LogP contribution in [0.25, 0.3) is 0 Å². The van der Waals surface area contributed by atoms with Crippen molar-refractivity contribution in [1.29, 1.82) is 0 Å². The number of hydrogen-bond acceptors (Lipinski definition) is 3. The van der Waals surface area contributed by atoms with Crippen molar-refractivity contribution in [3.05, 3.63) is 11.8 Å². The Balaban J connectivity index is 4.75. The number of esters is 1. The minimum atomic E-state index is -0.198. The molecule has 0 atom stereocenters. The van der Waals surface area contributed by atoms with E-state index < -0.39 is 0 Å². The quantitative estimate of drug-likeness (QED) is 0.440. The average molecular weight is 255 g/mol. The summed E-state index contributed by atoms with van der Waals surface area (Å²) in [5.41, 5.74) is 0.751. The maximum absolute atomic E-state index is 11.9. The molecular formula is C15H29NO2. The topological polar surface area (TPSA) is 29.5 Å². The molecule has 0 amide bonds. The van der Waals surface area contributed by atoms with Crippen LogP contribution < -0.4 is 0 Å². The highest BCUT2D eigenvalue weighted by atomic mass is 16.5. The maximum Gasteiger partial charge on any atom is 0.353 e. The van der Waals surface area contributed by atoms with Gasteiger partial charge in [0.15, 0.2) is 0 Å². The van der Waals surface area contributed by atoms with Gasteiger partial charge in [0.1, 0.15) is 5.70 Å². The van der Waals surface area contributed by atoms with E-state index in [-0.39, 0.29) is 5.97 Å². The van der Waals surface area contributed by atoms with Crippen molar-refractivity contribution in [2.24, 2.45) is 0 Å². The number of carbonyl (C=O) groups is 1. The smallest absolute Gasteiger partial charge is 0.353 e. The Morgan fingerprint density at radius 3 is 2.00 bits per heavy atom. The first-order chi connectivity index (χ1) is 8.71. The van der Waals surface area contributed by atoms with Crippen LogP contribution in [0.3, 0.4) is 0 Å². The number of nitrogens with zero attached hydrogens (tertiary/aromatic N) is 1. The Labute approximate surface area is 112 Å². The van der Waals surface area contributed by atoms with E-state index in [1.165, 1.54) is 7.11 Å². The second-order valence-electron chi connectivity index (χ2n) is 4.56. The lowest BCUT2D eigenvalue weighted by molar-refractivity contribution is -0.138. The zero-order valence-electron chi connectivity index (χ0n) is 12.5. The molecule has 0 bridgehead atoms. The first-order valence-electron chi connectivity index (χ1n) is 7.24. The summed E-state index contributed by atoms with van der Waals surface area (Å²) in [6.07, 6.45) is 8.52. The number of carbonyl (C=O) groups excluding carboxylic acids is 1. The minimum Gasteiger partial charge on any atom is -0.464 e. The van der Waals surface area contributed by atoms with E-state index in [0.717, 1.165) is 57.3 Å². The number of allylic oxidation sites excluding steroid dienone is 1. The Morgan fingerprint density at radius 1 is 1.06 bits per heavy atom. The van der Waals surface area contributed by atoms with Crippen LogP contribution in [-0.4, -0.2) is 31.1 Å². The monoisotopic (exact) mass is 255 g/mol. The molecule has 0 unspecified atom stereocenters. The predicted octanol–water partition coefficient (Wildman–Crippen LogP) is 3.75. The molecular weight excluding hydrogens is 226 g/mol. The van der Waals surface area contributed by atoms with Gasteiger partial charge in [0.05, 0.1) is 7.11 Å². The number of ether oxygens (including phenoxy) is 1. The lowest BCUT2D eigenvalue weighted by Crippen LogP contribution is -2.30. The van der Waals surface area contributed by atoms with Gasteiger partial charge in [0.2, 0.25) is 0 Å². The first kappa shape index (κ1) is 17.0. The van der Waals surface area contributed by atoms with Gasteiger partial charge in [-0.05, 0) is 19.3 Å². The minimum absolute atomic E-state index is 0.198. The van der Waals surface area contributed by atoms with Gasteiger partial charge in [-0.3, -0.25) is 0 Å². The largest absolute Gasteiger partial charge is 0.464 e. The standard InChI is InChI=1S/C15H29NO2/c1-5-8-11-14(15(17)18-4)16(12-9-6-2)13-10-7-3/h11H,5-10,12-13H2,1-4H3. The lowest BCUT2D eigenvalue weighted by atomic mass is 10.2. The van der Waals surface area contributed by atoms with Crippen LogP contribution >= 0.6 is 0 Å². The lowest BCUT2D eigenvalue weighted by Gasteiger charge is -2.26. The molecule has 0 saturated carbocycles. The molecule has 0 aromatic carbocycles. The van der Waals surface area contributed by atoms with E-state index in [1.54, 1.807) is 0 Å². The second kappa shape index (κ2) is 11.1. The molecule has 0 fully saturated rings. The van der Waals surface area contributed by atoms with Gasteiger partial charge in [0.25, 0.3) is 0 Å². The van der Waals surface area contributed by atoms with Crippen molar-refractivity contribution in [2.45, 2.75) is 59.3 Å². The third-order valence-electron chi connectivity index (χ3n) is 2.92. The van der Waals surface area contributed by atoms with E-state index >= 15 is 0 Å². The molecule has 0 rings (SSSR count). The fourth-order valence-corrected chi connectivity index (χ4v) is 1.78. The highest BCUT2D eigenvalue weighted by Crippen LogP contribution is 2.12. The van der Waals surface area contributed by atoms with Crippen LogP contribution in [0.1, 0.15) is 59.3 Å². The summed E-state index contributed by atoms with van der Waals surface area (Å²) in [4.78, 5) is 14.0. The molecule has 0 radical (unpaired) electrons. The van der Waals surface area contributed by atoms with Crippen molar-refractivity contribution in [1.82, 2.24) is 4.90 Å². The van der Waals surface area contributed by atoms with E-state index in [4.69, 9.17) is 4.74 Å². The van der Waals surface area contributed by atoms with E-state index in [0.29, 0.717) is 0 Å². The zero-order valence-corrected chi connectivity index (χ0v) is 12.5. The van der Waals surface area contributed by atoms with Crippen molar-refractivity contribution < 1.29 is 9.53 Å². The molecule has 0 saturated heterocycles. The molecule has 0 N–H and O–H groups in total. The summed E-state index contributed by atoms with van der Waals surface area (Å²) >= 11 is 0. The van der Waals surface area contributed by atoms with Crippen LogP contribution in [-0.2, 0) is 9.53 Å². The van der Waals surface area contributed by atoms with Gasteiger partial charge in [-0.2, -0.15) is 0 Å². The number of rotatable bonds is 10. The first-order valence-corrected chi connectivity index (χ1v) is 7.24. The highest BCUT2D eigenvalue weighted by molar-refractivity contribution is 5.87. The Kier molecular flexibility index (Phi) is 10.5. The van der Waals surface area contributed by atoms with Crippen LogP contribution in [0.2, 0.25) is 0 Å². The molecule has 0 spiro atoms. The Hall–Kier alpha value is -0.990. The summed E-state index contributed by atoms with van der Waals surface area (Å²) in [7, 11) is 1.46. The molecule has 0 aromatic rings. The number of methoxy groups -OCH3 is 1. The van der Waals surface area contributed by atoms with Gasteiger partial charge >= 0.3 is 5.97 Å². The third kappa shape index (κ3) is 6.67. The zero-order chi connectivity index (χ0) is 13.8. The summed E-state index contributed by atoms with van der Waals surface area (Å²) in [6, 6.07) is 0. The maximum atomic E-state index is 11.9. The van der Waals surface area contributed by atoms with Crippen LogP contribution in [0.5, 0.6) is 0 Å². The number of unbranched alkanes of at least 4 members (excludes halogenated alkanes) is 3. The van der Waals surface area contributed by atoms with Crippen molar-refractivity contribution in [3.8, 4) is 0 Å². The van der Waals surface area contributed by atoms with Gasteiger partial charge in [-0.1, -0.05) is 46.1 Å². The van der Waals surface area contributed by atoms with Crippen LogP contribution in [0.4, 0.5) is 0 Å². The molecule has 0 heterocycles. The number of hydrogen-bond donors (Lipinski definition) is 0. The fourth-order valence-electron chi connectivity index (χ4n) is 1.78. The van der Waals surface area contributed by atoms with Crippen molar-refractivity contribution >= 4 is 5.97 Å². The van der Waals surface area contributed by atoms with E-state index in [9.17, 15) is 4.79 Å². The summed E-state index contributed by atoms with van der Waals surface area (Å²) < 4.78 is 4.90. The van der Waals surface area contributed by atoms with Crippen molar-refractivity contribution in [3.63, 3.8) is 0 Å². The summed E-state index contributed by atoms with van der Waals surface area (Å²) in [5.74, 6) is -0.198. The Bertz CT molecular complexity index is 241. The molecule has 0 aliphatic carbocycles. The van der Waals surface area contributed by atoms with Gasteiger partial charge < -0.3 is 9.64 Å². The highest BCUT2D eigenvalue weighted by Gasteiger charge is 2.16. The van der Waals surface area contributed by atoms with Gasteiger partial charge in [0, 0.05) is 13.1 Å². The molecule has 0 aliphatic rings. The Morgan fingerprint density at radius 2 is 1.61 bits per heavy atom. The van der Waals surface area contributed by atoms with Crippen molar-refractivity contribution in [2.75, 3.05) is 20.2 Å². The second-order valence-corrected chi connectivity index (χ2v) is 4.56. The summed E-state index contributed by atoms with van der Waals surface area (Å²) in [5, 5.41) is 0. The van der Waals surface area contributed by atoms with Crippen LogP contribution in [0.15, 0.2) is 11.8 Å². The third-order valence-corrected chi connectivity index (χ3v) is 2.92. The predicted molar refractivity (Wildman–Crippen MR) is 76.4 cm³/mol. The molecule has 3 nitrogen and oxygen atoms in total. The molecule has 3 heteroatoms.